The Labute approximate surface area is 135 Å². The van der Waals surface area contributed by atoms with Crippen LogP contribution in [0.25, 0.3) is 0 Å². The van der Waals surface area contributed by atoms with Crippen LogP contribution in [0.5, 0.6) is 0 Å². The van der Waals surface area contributed by atoms with Crippen LogP contribution in [0.15, 0.2) is 58.3 Å². The van der Waals surface area contributed by atoms with Crippen LogP contribution in [0, 0.1) is 0 Å². The summed E-state index contributed by atoms with van der Waals surface area (Å²) in [6.45, 7) is 3.25. The first-order valence-electron chi connectivity index (χ1n) is 7.58. The first kappa shape index (κ1) is 15.3. The third-order valence-corrected chi connectivity index (χ3v) is 5.39. The molecule has 3 rings (SSSR count). The molecule has 2 aromatic carbocycles. The van der Waals surface area contributed by atoms with Gasteiger partial charge in [0, 0.05) is 0 Å². The Morgan fingerprint density at radius 1 is 0.955 bits per heavy atom. The summed E-state index contributed by atoms with van der Waals surface area (Å²) in [5, 5.41) is 0. The summed E-state index contributed by atoms with van der Waals surface area (Å²) in [6, 6.07) is 16.4. The predicted molar refractivity (Wildman–Crippen MR) is 92.1 cm³/mol. The monoisotopic (exact) mass is 315 g/mol. The van der Waals surface area contributed by atoms with Gasteiger partial charge in [0.15, 0.2) is 0 Å². The van der Waals surface area contributed by atoms with E-state index < -0.39 is 10.8 Å². The lowest BCUT2D eigenvalue weighted by Gasteiger charge is -2.39. The first-order chi connectivity index (χ1) is 10.4. The van der Waals surface area contributed by atoms with E-state index in [1.807, 2.05) is 36.4 Å². The minimum atomic E-state index is -1.10. The molecular weight excluding hydrogens is 292 g/mol. The van der Waals surface area contributed by atoms with Crippen LogP contribution in [-0.4, -0.2) is 42.4 Å². The average molecular weight is 315 g/mol. The highest BCUT2D eigenvalue weighted by molar-refractivity contribution is 7.85. The van der Waals surface area contributed by atoms with Gasteiger partial charge in [-0.1, -0.05) is 24.3 Å². The number of benzene rings is 2. The molecular formula is C18H23N2OS+. The van der Waals surface area contributed by atoms with Crippen LogP contribution in [0.4, 0.5) is 11.4 Å². The number of hydrogen-bond donors (Lipinski definition) is 0. The lowest BCUT2D eigenvalue weighted by atomic mass is 10.1. The van der Waals surface area contributed by atoms with Gasteiger partial charge in [-0.25, -0.2) is 4.21 Å². The number of rotatable bonds is 3. The largest absolute Gasteiger partial charge is 0.331 e. The third kappa shape index (κ3) is 2.69. The van der Waals surface area contributed by atoms with E-state index in [4.69, 9.17) is 0 Å². The van der Waals surface area contributed by atoms with Gasteiger partial charge in [-0.3, -0.25) is 0 Å². The van der Waals surface area contributed by atoms with Crippen molar-refractivity contribution < 1.29 is 8.69 Å². The predicted octanol–water partition coefficient (Wildman–Crippen LogP) is 3.40. The molecule has 0 fully saturated rings. The van der Waals surface area contributed by atoms with Crippen molar-refractivity contribution in [2.75, 3.05) is 32.6 Å². The van der Waals surface area contributed by atoms with Crippen molar-refractivity contribution in [3.05, 3.63) is 48.5 Å². The molecule has 0 radical (unpaired) electrons. The Kier molecular flexibility index (Phi) is 3.83. The van der Waals surface area contributed by atoms with E-state index >= 15 is 0 Å². The van der Waals surface area contributed by atoms with Crippen molar-refractivity contribution >= 4 is 22.2 Å². The van der Waals surface area contributed by atoms with Gasteiger partial charge >= 0.3 is 0 Å². The quantitative estimate of drug-likeness (QED) is 0.809. The van der Waals surface area contributed by atoms with Crippen molar-refractivity contribution in [3.63, 3.8) is 0 Å². The zero-order valence-corrected chi connectivity index (χ0v) is 14.4. The summed E-state index contributed by atoms with van der Waals surface area (Å²) in [4.78, 5) is 4.17. The van der Waals surface area contributed by atoms with Crippen molar-refractivity contribution in [1.82, 2.24) is 0 Å². The van der Waals surface area contributed by atoms with Crippen LogP contribution in [0.2, 0.25) is 0 Å². The number of likely N-dealkylation sites (N-methyl/N-ethyl adjacent to an activating group) is 1. The molecule has 0 spiro atoms. The minimum Gasteiger partial charge on any atom is -0.331 e. The molecule has 0 amide bonds. The lowest BCUT2D eigenvalue weighted by molar-refractivity contribution is -0.870. The molecule has 0 N–H and O–H groups in total. The van der Waals surface area contributed by atoms with Gasteiger partial charge < -0.3 is 9.38 Å². The summed E-state index contributed by atoms with van der Waals surface area (Å²) in [5.41, 5.74) is 2.14. The van der Waals surface area contributed by atoms with E-state index in [0.717, 1.165) is 32.2 Å². The van der Waals surface area contributed by atoms with Crippen molar-refractivity contribution in [3.8, 4) is 0 Å². The second-order valence-corrected chi connectivity index (χ2v) is 8.31. The van der Waals surface area contributed by atoms with Gasteiger partial charge in [-0.15, -0.1) is 0 Å². The van der Waals surface area contributed by atoms with Crippen LogP contribution < -0.4 is 4.90 Å². The van der Waals surface area contributed by atoms with Gasteiger partial charge in [0.2, 0.25) is 0 Å². The zero-order valence-electron chi connectivity index (χ0n) is 13.6. The molecule has 0 aromatic heterocycles. The molecule has 0 aliphatic carbocycles. The lowest BCUT2D eigenvalue weighted by Crippen LogP contribution is -2.47. The van der Waals surface area contributed by atoms with E-state index in [-0.39, 0.29) is 0 Å². The van der Waals surface area contributed by atoms with Crippen LogP contribution >= 0.6 is 0 Å². The summed E-state index contributed by atoms with van der Waals surface area (Å²) in [6.07, 6.45) is 0. The zero-order chi connectivity index (χ0) is 15.9. The van der Waals surface area contributed by atoms with Crippen molar-refractivity contribution in [2.24, 2.45) is 0 Å². The Hall–Kier alpha value is -1.65. The molecule has 116 valence electrons. The SMILES string of the molecule is CC(C[N+](C)(C)C)N1c2ccccc2S(=O)c2ccccc21. The molecule has 1 aliphatic heterocycles. The second kappa shape index (κ2) is 5.52. The maximum Gasteiger partial charge on any atom is 0.0988 e. The maximum atomic E-state index is 12.8. The fourth-order valence-corrected chi connectivity index (χ4v) is 4.58. The molecule has 0 saturated heterocycles. The Morgan fingerprint density at radius 2 is 1.41 bits per heavy atom. The fourth-order valence-electron chi connectivity index (χ4n) is 3.22. The number of hydrogen-bond acceptors (Lipinski definition) is 2. The molecule has 1 aliphatic rings. The topological polar surface area (TPSA) is 20.3 Å². The molecule has 0 saturated carbocycles. The molecule has 4 heteroatoms. The molecule has 2 aromatic rings. The standard InChI is InChI=1S/C18H23N2OS/c1-14(13-20(2,3)4)19-15-9-5-7-11-17(15)22(21)18-12-8-6-10-16(18)19/h5-12,14H,13H2,1-4H3/q+1. The summed E-state index contributed by atoms with van der Waals surface area (Å²) in [5.74, 6) is 0. The van der Waals surface area contributed by atoms with Crippen LogP contribution in [-0.2, 0) is 10.8 Å². The van der Waals surface area contributed by atoms with Gasteiger partial charge in [0.25, 0.3) is 0 Å². The molecule has 1 atom stereocenters. The van der Waals surface area contributed by atoms with E-state index in [0.29, 0.717) is 6.04 Å². The van der Waals surface area contributed by atoms with Gasteiger partial charge in [0.05, 0.1) is 65.7 Å². The van der Waals surface area contributed by atoms with Gasteiger partial charge in [-0.2, -0.15) is 0 Å². The number of nitrogens with zero attached hydrogens (tertiary/aromatic N) is 2. The van der Waals surface area contributed by atoms with Gasteiger partial charge in [-0.05, 0) is 31.2 Å². The van der Waals surface area contributed by atoms with Gasteiger partial charge in [0.1, 0.15) is 0 Å². The number of anilines is 2. The molecule has 1 unspecified atom stereocenters. The highest BCUT2D eigenvalue weighted by Crippen LogP contribution is 2.42. The highest BCUT2D eigenvalue weighted by atomic mass is 32.2. The number of fused-ring (bicyclic) bond motifs is 2. The third-order valence-electron chi connectivity index (χ3n) is 3.90. The minimum absolute atomic E-state index is 0.319. The molecule has 3 nitrogen and oxygen atoms in total. The van der Waals surface area contributed by atoms with Crippen LogP contribution in [0.3, 0.4) is 0 Å². The van der Waals surface area contributed by atoms with E-state index in [1.54, 1.807) is 0 Å². The summed E-state index contributed by atoms with van der Waals surface area (Å²) < 4.78 is 13.7. The summed E-state index contributed by atoms with van der Waals surface area (Å²) >= 11 is 0. The summed E-state index contributed by atoms with van der Waals surface area (Å²) in [7, 11) is 5.52. The molecule has 0 bridgehead atoms. The Balaban J connectivity index is 2.14. The van der Waals surface area contributed by atoms with E-state index in [2.05, 4.69) is 45.1 Å². The molecule has 1 heterocycles. The number of para-hydroxylation sites is 2. The first-order valence-corrected chi connectivity index (χ1v) is 8.73. The van der Waals surface area contributed by atoms with Crippen LogP contribution in [0.1, 0.15) is 6.92 Å². The second-order valence-electron chi connectivity index (χ2n) is 6.90. The normalized spacial score (nSPS) is 16.1. The Morgan fingerprint density at radius 3 is 1.86 bits per heavy atom. The number of quaternary nitrogens is 1. The highest BCUT2D eigenvalue weighted by Gasteiger charge is 2.32. The average Bonchev–Trinajstić information content (AvgIpc) is 2.46. The Bertz CT molecular complexity index is 672. The fraction of sp³-hybridized carbons (Fsp3) is 0.333. The van der Waals surface area contributed by atoms with Crippen molar-refractivity contribution in [2.45, 2.75) is 22.8 Å². The van der Waals surface area contributed by atoms with E-state index in [9.17, 15) is 4.21 Å². The van der Waals surface area contributed by atoms with E-state index in [1.165, 1.54) is 0 Å². The molecule has 22 heavy (non-hydrogen) atoms. The maximum absolute atomic E-state index is 12.8. The smallest absolute Gasteiger partial charge is 0.0988 e. The van der Waals surface area contributed by atoms with Crippen molar-refractivity contribution in [1.29, 1.82) is 0 Å².